The van der Waals surface area contributed by atoms with Gasteiger partial charge in [0, 0.05) is 32.2 Å². The van der Waals surface area contributed by atoms with E-state index in [0.29, 0.717) is 17.6 Å². The van der Waals surface area contributed by atoms with Crippen molar-refractivity contribution in [2.45, 2.75) is 0 Å². The van der Waals surface area contributed by atoms with Gasteiger partial charge in [-0.05, 0) is 12.1 Å². The van der Waals surface area contributed by atoms with Gasteiger partial charge >= 0.3 is 0 Å². The van der Waals surface area contributed by atoms with E-state index < -0.39 is 0 Å². The van der Waals surface area contributed by atoms with Gasteiger partial charge in [-0.1, -0.05) is 0 Å². The Hall–Kier alpha value is -1.88. The lowest BCUT2D eigenvalue weighted by Crippen LogP contribution is -2.43. The SMILES string of the molecule is O=Cc1cc2nc(N3CCNCC3)ccc2o1. The molecule has 0 aromatic carbocycles. The molecule has 1 aliphatic heterocycles. The van der Waals surface area contributed by atoms with Gasteiger partial charge in [-0.3, -0.25) is 4.79 Å². The summed E-state index contributed by atoms with van der Waals surface area (Å²) in [4.78, 5) is 17.4. The highest BCUT2D eigenvalue weighted by Crippen LogP contribution is 2.21. The molecular formula is C12H13N3O2. The van der Waals surface area contributed by atoms with Gasteiger partial charge in [0.2, 0.25) is 0 Å². The molecule has 3 heterocycles. The minimum absolute atomic E-state index is 0.324. The topological polar surface area (TPSA) is 58.4 Å². The number of aldehydes is 1. The third-order valence-electron chi connectivity index (χ3n) is 2.94. The smallest absolute Gasteiger partial charge is 0.185 e. The molecule has 0 spiro atoms. The number of furan rings is 1. The maximum atomic E-state index is 10.6. The van der Waals surface area contributed by atoms with Crippen molar-refractivity contribution in [3.8, 4) is 0 Å². The monoisotopic (exact) mass is 231 g/mol. The summed E-state index contributed by atoms with van der Waals surface area (Å²) in [5, 5.41) is 3.30. The second kappa shape index (κ2) is 4.18. The molecule has 0 bridgehead atoms. The maximum absolute atomic E-state index is 10.6. The zero-order valence-electron chi connectivity index (χ0n) is 9.35. The second-order valence-corrected chi connectivity index (χ2v) is 4.06. The lowest BCUT2D eigenvalue weighted by Gasteiger charge is -2.28. The van der Waals surface area contributed by atoms with Gasteiger partial charge in [0.15, 0.2) is 17.6 Å². The number of carbonyl (C=O) groups excluding carboxylic acids is 1. The van der Waals surface area contributed by atoms with E-state index in [1.54, 1.807) is 6.07 Å². The molecule has 5 nitrogen and oxygen atoms in total. The van der Waals surface area contributed by atoms with Crippen LogP contribution < -0.4 is 10.2 Å². The molecule has 17 heavy (non-hydrogen) atoms. The maximum Gasteiger partial charge on any atom is 0.185 e. The number of piperazine rings is 1. The Morgan fingerprint density at radius 1 is 1.35 bits per heavy atom. The van der Waals surface area contributed by atoms with E-state index in [9.17, 15) is 4.79 Å². The highest BCUT2D eigenvalue weighted by atomic mass is 16.3. The molecule has 1 aliphatic rings. The van der Waals surface area contributed by atoms with Gasteiger partial charge in [-0.2, -0.15) is 0 Å². The molecule has 88 valence electrons. The number of nitrogens with one attached hydrogen (secondary N) is 1. The number of nitrogens with zero attached hydrogens (tertiary/aromatic N) is 2. The van der Waals surface area contributed by atoms with Gasteiger partial charge in [0.05, 0.1) is 0 Å². The Morgan fingerprint density at radius 3 is 2.94 bits per heavy atom. The summed E-state index contributed by atoms with van der Waals surface area (Å²) in [6.45, 7) is 3.86. The molecule has 2 aromatic heterocycles. The van der Waals surface area contributed by atoms with E-state index in [4.69, 9.17) is 4.42 Å². The Bertz CT molecular complexity index is 544. The summed E-state index contributed by atoms with van der Waals surface area (Å²) in [5.74, 6) is 1.27. The summed E-state index contributed by atoms with van der Waals surface area (Å²) in [6, 6.07) is 5.48. The van der Waals surface area contributed by atoms with Crippen LogP contribution in [-0.4, -0.2) is 37.4 Å². The molecule has 1 saturated heterocycles. The van der Waals surface area contributed by atoms with Gasteiger partial charge in [0.25, 0.3) is 0 Å². The molecule has 0 unspecified atom stereocenters. The van der Waals surface area contributed by atoms with Gasteiger partial charge in [0.1, 0.15) is 11.3 Å². The number of hydrogen-bond acceptors (Lipinski definition) is 5. The third-order valence-corrected chi connectivity index (χ3v) is 2.94. The van der Waals surface area contributed by atoms with E-state index in [1.807, 2.05) is 12.1 Å². The van der Waals surface area contributed by atoms with Crippen LogP contribution in [0.1, 0.15) is 10.6 Å². The van der Waals surface area contributed by atoms with Crippen molar-refractivity contribution in [1.29, 1.82) is 0 Å². The molecule has 2 aromatic rings. The first kappa shape index (κ1) is 10.3. The average molecular weight is 231 g/mol. The number of anilines is 1. The van der Waals surface area contributed by atoms with Crippen LogP contribution in [0.3, 0.4) is 0 Å². The Balaban J connectivity index is 1.97. The first-order valence-electron chi connectivity index (χ1n) is 5.68. The number of carbonyl (C=O) groups is 1. The standard InChI is InChI=1S/C12H13N3O2/c16-8-9-7-10-11(17-9)1-2-12(14-10)15-5-3-13-4-6-15/h1-2,7-8,13H,3-6H2. The van der Waals surface area contributed by atoms with Crippen LogP contribution in [0.15, 0.2) is 22.6 Å². The minimum atomic E-state index is 0.324. The summed E-state index contributed by atoms with van der Waals surface area (Å²) in [5.41, 5.74) is 1.40. The Kier molecular flexibility index (Phi) is 2.53. The van der Waals surface area contributed by atoms with Crippen molar-refractivity contribution in [1.82, 2.24) is 10.3 Å². The number of rotatable bonds is 2. The summed E-state index contributed by atoms with van der Waals surface area (Å²) in [6.07, 6.45) is 0.701. The lowest BCUT2D eigenvalue weighted by atomic mass is 10.3. The van der Waals surface area contributed by atoms with Crippen molar-refractivity contribution in [3.05, 3.63) is 24.0 Å². The fraction of sp³-hybridized carbons (Fsp3) is 0.333. The zero-order valence-corrected chi connectivity index (χ0v) is 9.35. The molecule has 0 radical (unpaired) electrons. The largest absolute Gasteiger partial charge is 0.452 e. The van der Waals surface area contributed by atoms with Gasteiger partial charge in [-0.15, -0.1) is 0 Å². The third kappa shape index (κ3) is 1.89. The quantitative estimate of drug-likeness (QED) is 0.783. The van der Waals surface area contributed by atoms with Crippen molar-refractivity contribution in [3.63, 3.8) is 0 Å². The van der Waals surface area contributed by atoms with Crippen LogP contribution in [0.4, 0.5) is 5.82 Å². The molecule has 0 amide bonds. The highest BCUT2D eigenvalue weighted by molar-refractivity contribution is 5.83. The average Bonchev–Trinajstić information content (AvgIpc) is 2.81. The fourth-order valence-corrected chi connectivity index (χ4v) is 2.06. The van der Waals surface area contributed by atoms with E-state index in [2.05, 4.69) is 15.2 Å². The molecule has 0 aliphatic carbocycles. The molecule has 5 heteroatoms. The van der Waals surface area contributed by atoms with Crippen LogP contribution in [0.5, 0.6) is 0 Å². The summed E-state index contributed by atoms with van der Waals surface area (Å²) in [7, 11) is 0. The van der Waals surface area contributed by atoms with Gasteiger partial charge in [-0.25, -0.2) is 4.98 Å². The molecule has 0 atom stereocenters. The fourth-order valence-electron chi connectivity index (χ4n) is 2.06. The molecule has 0 saturated carbocycles. The zero-order chi connectivity index (χ0) is 11.7. The molecular weight excluding hydrogens is 218 g/mol. The van der Waals surface area contributed by atoms with Crippen molar-refractivity contribution < 1.29 is 9.21 Å². The number of aromatic nitrogens is 1. The summed E-state index contributed by atoms with van der Waals surface area (Å²) >= 11 is 0. The normalized spacial score (nSPS) is 16.4. The number of pyridine rings is 1. The van der Waals surface area contributed by atoms with Crippen LogP contribution in [0.25, 0.3) is 11.1 Å². The first-order chi connectivity index (χ1) is 8.36. The van der Waals surface area contributed by atoms with E-state index in [1.165, 1.54) is 0 Å². The van der Waals surface area contributed by atoms with Crippen LogP contribution >= 0.6 is 0 Å². The summed E-state index contributed by atoms with van der Waals surface area (Å²) < 4.78 is 5.30. The predicted octanol–water partition coefficient (Wildman–Crippen LogP) is 1.05. The van der Waals surface area contributed by atoms with E-state index in [-0.39, 0.29) is 0 Å². The second-order valence-electron chi connectivity index (χ2n) is 4.06. The number of fused-ring (bicyclic) bond motifs is 1. The Morgan fingerprint density at radius 2 is 2.18 bits per heavy atom. The van der Waals surface area contributed by atoms with Crippen LogP contribution in [0.2, 0.25) is 0 Å². The molecule has 1 N–H and O–H groups in total. The van der Waals surface area contributed by atoms with Crippen molar-refractivity contribution >= 4 is 23.2 Å². The first-order valence-corrected chi connectivity index (χ1v) is 5.68. The highest BCUT2D eigenvalue weighted by Gasteiger charge is 2.13. The minimum Gasteiger partial charge on any atom is -0.452 e. The molecule has 3 rings (SSSR count). The van der Waals surface area contributed by atoms with Crippen molar-refractivity contribution in [2.75, 3.05) is 31.1 Å². The van der Waals surface area contributed by atoms with Crippen LogP contribution in [0, 0.1) is 0 Å². The van der Waals surface area contributed by atoms with E-state index in [0.717, 1.165) is 37.5 Å². The number of hydrogen-bond donors (Lipinski definition) is 1. The molecule has 1 fully saturated rings. The van der Waals surface area contributed by atoms with Crippen molar-refractivity contribution in [2.24, 2.45) is 0 Å². The Labute approximate surface area is 98.4 Å². The van der Waals surface area contributed by atoms with E-state index >= 15 is 0 Å². The van der Waals surface area contributed by atoms with Gasteiger partial charge < -0.3 is 14.6 Å². The van der Waals surface area contributed by atoms with Crippen LogP contribution in [-0.2, 0) is 0 Å². The lowest BCUT2D eigenvalue weighted by molar-refractivity contribution is 0.110. The predicted molar refractivity (Wildman–Crippen MR) is 64.5 cm³/mol.